The summed E-state index contributed by atoms with van der Waals surface area (Å²) < 4.78 is 10.8. The molecule has 0 bridgehead atoms. The molecule has 0 radical (unpaired) electrons. The van der Waals surface area contributed by atoms with Crippen molar-refractivity contribution in [2.75, 3.05) is 11.9 Å². The molecule has 0 saturated heterocycles. The number of allylic oxidation sites excluding steroid dienone is 4. The lowest BCUT2D eigenvalue weighted by Gasteiger charge is -2.26. The molecule has 10 heteroatoms. The molecule has 0 spiro atoms. The van der Waals surface area contributed by atoms with Crippen molar-refractivity contribution >= 4 is 46.3 Å². The number of rotatable bonds is 9. The molecule has 2 N–H and O–H groups in total. The van der Waals surface area contributed by atoms with Gasteiger partial charge < -0.3 is 19.9 Å². The normalized spacial score (nSPS) is 18.6. The monoisotopic (exact) mass is 548 g/mol. The second-order valence-corrected chi connectivity index (χ2v) is 11.8. The summed E-state index contributed by atoms with van der Waals surface area (Å²) in [6.07, 6.45) is 5.63. The first-order chi connectivity index (χ1) is 17.3. The van der Waals surface area contributed by atoms with Gasteiger partial charge in [-0.15, -0.1) is 11.6 Å². The Labute approximate surface area is 227 Å². The van der Waals surface area contributed by atoms with E-state index in [0.29, 0.717) is 40.7 Å². The van der Waals surface area contributed by atoms with Gasteiger partial charge in [0.2, 0.25) is 0 Å². The van der Waals surface area contributed by atoms with E-state index in [1.807, 2.05) is 39.0 Å². The zero-order valence-corrected chi connectivity index (χ0v) is 23.5. The van der Waals surface area contributed by atoms with Gasteiger partial charge in [0.15, 0.2) is 11.5 Å². The predicted octanol–water partition coefficient (Wildman–Crippen LogP) is 6.56. The lowest BCUT2D eigenvalue weighted by molar-refractivity contribution is -0.121. The van der Waals surface area contributed by atoms with Crippen molar-refractivity contribution < 1.29 is 18.8 Å². The molecule has 2 unspecified atom stereocenters. The van der Waals surface area contributed by atoms with Gasteiger partial charge in [0.1, 0.15) is 17.0 Å². The van der Waals surface area contributed by atoms with Gasteiger partial charge in [0.05, 0.1) is 10.9 Å². The number of amides is 1. The summed E-state index contributed by atoms with van der Waals surface area (Å²) in [4.78, 5) is 28.7. The van der Waals surface area contributed by atoms with Crippen LogP contribution >= 0.6 is 23.2 Å². The van der Waals surface area contributed by atoms with E-state index >= 15 is 0 Å². The standard InChI is InChI=1S/C27H34Cl2N4O4/c1-16(2)24(32-25(35)36-26(3,4)5)21(34)10-13-30-17-9-12-31-19(14-17)22-15-20(33-37-22)23-18(28)8-7-11-27(23,6)29/h7-9,12,14-16,24H,10-11,13H2,1-6H3,(H,30,31)(H,32,35). The summed E-state index contributed by atoms with van der Waals surface area (Å²) in [5.74, 6) is 0.305. The Kier molecular flexibility index (Phi) is 9.08. The molecule has 200 valence electrons. The van der Waals surface area contributed by atoms with Crippen molar-refractivity contribution in [3.05, 3.63) is 47.3 Å². The van der Waals surface area contributed by atoms with Gasteiger partial charge in [0.25, 0.3) is 0 Å². The molecule has 2 heterocycles. The number of halogens is 2. The fraction of sp³-hybridized carbons (Fsp3) is 0.481. The maximum atomic E-state index is 12.8. The molecule has 0 aromatic carbocycles. The number of pyridine rings is 1. The van der Waals surface area contributed by atoms with E-state index in [4.69, 9.17) is 32.5 Å². The zero-order valence-electron chi connectivity index (χ0n) is 22.0. The fourth-order valence-electron chi connectivity index (χ4n) is 3.94. The summed E-state index contributed by atoms with van der Waals surface area (Å²) in [6, 6.07) is 4.74. The second-order valence-electron chi connectivity index (χ2n) is 10.5. The molecule has 3 rings (SSSR count). The molecule has 1 amide bonds. The van der Waals surface area contributed by atoms with Crippen LogP contribution in [0.1, 0.15) is 60.1 Å². The van der Waals surface area contributed by atoms with Crippen LogP contribution in [0.5, 0.6) is 0 Å². The summed E-state index contributed by atoms with van der Waals surface area (Å²) >= 11 is 13.1. The highest BCUT2D eigenvalue weighted by Gasteiger charge is 2.33. The molecule has 8 nitrogen and oxygen atoms in total. The second kappa shape index (κ2) is 11.7. The maximum Gasteiger partial charge on any atom is 0.408 e. The number of alkyl carbamates (subject to hydrolysis) is 1. The summed E-state index contributed by atoms with van der Waals surface area (Å²) in [5.41, 5.74) is 1.96. The van der Waals surface area contributed by atoms with Crippen molar-refractivity contribution in [3.8, 4) is 11.5 Å². The van der Waals surface area contributed by atoms with Crippen LogP contribution in [0.3, 0.4) is 0 Å². The SMILES string of the molecule is CC(C)C(NC(=O)OC(C)(C)C)C(=O)CCNc1ccnc(-c2cc(C3=C(Cl)C=CCC3(C)Cl)no2)c1. The van der Waals surface area contributed by atoms with Crippen molar-refractivity contribution in [1.82, 2.24) is 15.5 Å². The van der Waals surface area contributed by atoms with Gasteiger partial charge >= 0.3 is 6.09 Å². The lowest BCUT2D eigenvalue weighted by Crippen LogP contribution is -2.46. The minimum Gasteiger partial charge on any atom is -0.444 e. The number of ether oxygens (including phenoxy) is 1. The predicted molar refractivity (Wildman–Crippen MR) is 147 cm³/mol. The lowest BCUT2D eigenvalue weighted by atomic mass is 9.90. The number of hydrogen-bond donors (Lipinski definition) is 2. The van der Waals surface area contributed by atoms with E-state index in [9.17, 15) is 9.59 Å². The Balaban J connectivity index is 1.63. The molecule has 2 aromatic rings. The van der Waals surface area contributed by atoms with E-state index < -0.39 is 22.6 Å². The Bertz CT molecular complexity index is 1200. The Morgan fingerprint density at radius 2 is 1.97 bits per heavy atom. The van der Waals surface area contributed by atoms with Gasteiger partial charge in [-0.2, -0.15) is 0 Å². The molecule has 0 saturated carbocycles. The first kappa shape index (κ1) is 28.7. The van der Waals surface area contributed by atoms with Crippen LogP contribution in [0.25, 0.3) is 17.0 Å². The molecular weight excluding hydrogens is 515 g/mol. The molecule has 2 aromatic heterocycles. The first-order valence-electron chi connectivity index (χ1n) is 12.2. The summed E-state index contributed by atoms with van der Waals surface area (Å²) in [5, 5.41) is 10.6. The number of carbonyl (C=O) groups is 2. The number of Topliss-reactive ketones (excluding diaryl/α,β-unsaturated/α-hetero) is 1. The number of nitrogens with zero attached hydrogens (tertiary/aromatic N) is 2. The third kappa shape index (κ3) is 7.82. The molecule has 37 heavy (non-hydrogen) atoms. The van der Waals surface area contributed by atoms with Crippen LogP contribution in [0.2, 0.25) is 0 Å². The van der Waals surface area contributed by atoms with Gasteiger partial charge in [-0.05, 0) is 58.2 Å². The number of aromatic nitrogens is 2. The van der Waals surface area contributed by atoms with Crippen molar-refractivity contribution in [1.29, 1.82) is 0 Å². The third-order valence-electron chi connectivity index (χ3n) is 5.69. The largest absolute Gasteiger partial charge is 0.444 e. The maximum absolute atomic E-state index is 12.8. The van der Waals surface area contributed by atoms with Crippen LogP contribution in [-0.4, -0.2) is 45.1 Å². The average Bonchev–Trinajstić information content (AvgIpc) is 3.25. The van der Waals surface area contributed by atoms with Crippen LogP contribution < -0.4 is 10.6 Å². The van der Waals surface area contributed by atoms with Crippen LogP contribution in [0.15, 0.2) is 46.1 Å². The van der Waals surface area contributed by atoms with E-state index in [1.54, 1.807) is 39.1 Å². The molecule has 1 aliphatic rings. The van der Waals surface area contributed by atoms with E-state index in [2.05, 4.69) is 20.8 Å². The highest BCUT2D eigenvalue weighted by molar-refractivity contribution is 6.39. The van der Waals surface area contributed by atoms with E-state index in [0.717, 1.165) is 5.69 Å². The number of anilines is 1. The van der Waals surface area contributed by atoms with Crippen LogP contribution in [0, 0.1) is 5.92 Å². The highest BCUT2D eigenvalue weighted by Crippen LogP contribution is 2.43. The number of ketones is 1. The zero-order chi connectivity index (χ0) is 27.4. The minimum absolute atomic E-state index is 0.0775. The van der Waals surface area contributed by atoms with Crippen LogP contribution in [0.4, 0.5) is 10.5 Å². The quantitative estimate of drug-likeness (QED) is 0.341. The third-order valence-corrected chi connectivity index (χ3v) is 6.35. The smallest absolute Gasteiger partial charge is 0.408 e. The fourth-order valence-corrected chi connectivity index (χ4v) is 4.67. The van der Waals surface area contributed by atoms with Crippen molar-refractivity contribution in [2.45, 2.75) is 70.9 Å². The highest BCUT2D eigenvalue weighted by atomic mass is 35.5. The molecule has 0 fully saturated rings. The van der Waals surface area contributed by atoms with Gasteiger partial charge in [-0.25, -0.2) is 4.79 Å². The number of hydrogen-bond acceptors (Lipinski definition) is 7. The van der Waals surface area contributed by atoms with Gasteiger partial charge in [0, 0.05) is 41.5 Å². The number of alkyl halides is 1. The number of carbonyl (C=O) groups excluding carboxylic acids is 2. The Morgan fingerprint density at radius 3 is 2.62 bits per heavy atom. The molecule has 1 aliphatic carbocycles. The molecule has 0 aliphatic heterocycles. The van der Waals surface area contributed by atoms with E-state index in [-0.39, 0.29) is 18.1 Å². The molecular formula is C27H34Cl2N4O4. The minimum atomic E-state index is -0.685. The Morgan fingerprint density at radius 1 is 1.24 bits per heavy atom. The van der Waals surface area contributed by atoms with Gasteiger partial charge in [-0.3, -0.25) is 9.78 Å². The number of nitrogens with one attached hydrogen (secondary N) is 2. The van der Waals surface area contributed by atoms with Gasteiger partial charge in [-0.1, -0.05) is 36.7 Å². The van der Waals surface area contributed by atoms with Crippen molar-refractivity contribution in [2.24, 2.45) is 5.92 Å². The summed E-state index contributed by atoms with van der Waals surface area (Å²) in [6.45, 7) is 11.4. The van der Waals surface area contributed by atoms with Crippen molar-refractivity contribution in [3.63, 3.8) is 0 Å². The first-order valence-corrected chi connectivity index (χ1v) is 13.0. The average molecular weight is 549 g/mol. The topological polar surface area (TPSA) is 106 Å². The van der Waals surface area contributed by atoms with E-state index in [1.165, 1.54) is 0 Å². The van der Waals surface area contributed by atoms with Crippen LogP contribution in [-0.2, 0) is 9.53 Å². The Hall–Kier alpha value is -2.84. The molecule has 2 atom stereocenters. The summed E-state index contributed by atoms with van der Waals surface area (Å²) in [7, 11) is 0.